The lowest BCUT2D eigenvalue weighted by Gasteiger charge is -2.33. The minimum atomic E-state index is 0.504. The number of nitrogens with one attached hydrogen (secondary N) is 1. The zero-order chi connectivity index (χ0) is 13.9. The lowest BCUT2D eigenvalue weighted by atomic mass is 9.77. The van der Waals surface area contributed by atoms with Gasteiger partial charge in [-0.25, -0.2) is 0 Å². The molecule has 1 saturated heterocycles. The Hall–Kier alpha value is -1.31. The predicted molar refractivity (Wildman–Crippen MR) is 85.6 cm³/mol. The smallest absolute Gasteiger partial charge is 0.0408 e. The van der Waals surface area contributed by atoms with Gasteiger partial charge >= 0.3 is 0 Å². The van der Waals surface area contributed by atoms with Crippen molar-refractivity contribution in [1.82, 2.24) is 5.32 Å². The summed E-state index contributed by atoms with van der Waals surface area (Å²) in [5.74, 6) is 1.08. The Labute approximate surface area is 126 Å². The van der Waals surface area contributed by atoms with Gasteiger partial charge in [0.15, 0.2) is 0 Å². The van der Waals surface area contributed by atoms with Gasteiger partial charge < -0.3 is 5.32 Å². The van der Waals surface area contributed by atoms with Crippen LogP contribution in [0.15, 0.2) is 48.5 Å². The summed E-state index contributed by atoms with van der Waals surface area (Å²) >= 11 is 6.16. The van der Waals surface area contributed by atoms with Crippen molar-refractivity contribution in [3.05, 3.63) is 70.2 Å². The quantitative estimate of drug-likeness (QED) is 0.856. The molecule has 2 atom stereocenters. The van der Waals surface area contributed by atoms with Gasteiger partial charge in [-0.2, -0.15) is 0 Å². The number of piperidine rings is 1. The monoisotopic (exact) mass is 285 g/mol. The third-order valence-corrected chi connectivity index (χ3v) is 4.46. The zero-order valence-electron chi connectivity index (χ0n) is 11.8. The van der Waals surface area contributed by atoms with E-state index >= 15 is 0 Å². The standard InChI is InChI=1S/C18H20ClN/c1-13-4-2-5-14(10-13)17-8-9-20-12-18(17)15-6-3-7-16(19)11-15/h2-7,10-11,17-18,20H,8-9,12H2,1H3. The second kappa shape index (κ2) is 5.99. The van der Waals surface area contributed by atoms with Crippen molar-refractivity contribution >= 4 is 11.6 Å². The molecular weight excluding hydrogens is 266 g/mol. The van der Waals surface area contributed by atoms with Crippen molar-refractivity contribution in [1.29, 1.82) is 0 Å². The Morgan fingerprint density at radius 2 is 1.75 bits per heavy atom. The fourth-order valence-corrected chi connectivity index (χ4v) is 3.44. The average Bonchev–Trinajstić information content (AvgIpc) is 2.47. The number of hydrogen-bond donors (Lipinski definition) is 1. The molecule has 1 nitrogen and oxygen atoms in total. The van der Waals surface area contributed by atoms with E-state index in [9.17, 15) is 0 Å². The van der Waals surface area contributed by atoms with Gasteiger partial charge in [0.25, 0.3) is 0 Å². The molecule has 2 unspecified atom stereocenters. The Morgan fingerprint density at radius 3 is 2.50 bits per heavy atom. The van der Waals surface area contributed by atoms with Gasteiger partial charge in [-0.05, 0) is 49.1 Å². The summed E-state index contributed by atoms with van der Waals surface area (Å²) in [6.07, 6.45) is 1.18. The Bertz CT molecular complexity index is 540. The van der Waals surface area contributed by atoms with Crippen LogP contribution in [0.1, 0.15) is 34.9 Å². The fourth-order valence-electron chi connectivity index (χ4n) is 3.25. The zero-order valence-corrected chi connectivity index (χ0v) is 12.5. The largest absolute Gasteiger partial charge is 0.316 e. The Balaban J connectivity index is 1.95. The summed E-state index contributed by atoms with van der Waals surface area (Å²) in [5, 5.41) is 4.35. The number of benzene rings is 2. The van der Waals surface area contributed by atoms with Crippen molar-refractivity contribution in [3.63, 3.8) is 0 Å². The predicted octanol–water partition coefficient (Wildman–Crippen LogP) is 4.51. The SMILES string of the molecule is Cc1cccc(C2CCNCC2c2cccc(Cl)c2)c1. The highest BCUT2D eigenvalue weighted by atomic mass is 35.5. The lowest BCUT2D eigenvalue weighted by Crippen LogP contribution is -2.34. The maximum absolute atomic E-state index is 6.16. The van der Waals surface area contributed by atoms with Crippen molar-refractivity contribution < 1.29 is 0 Å². The summed E-state index contributed by atoms with van der Waals surface area (Å²) in [5.41, 5.74) is 4.14. The number of aryl methyl sites for hydroxylation is 1. The third-order valence-electron chi connectivity index (χ3n) is 4.23. The first-order chi connectivity index (χ1) is 9.74. The number of rotatable bonds is 2. The van der Waals surface area contributed by atoms with Crippen LogP contribution in [0.5, 0.6) is 0 Å². The molecule has 1 fully saturated rings. The summed E-state index contributed by atoms with van der Waals surface area (Å²) < 4.78 is 0. The van der Waals surface area contributed by atoms with Crippen LogP contribution < -0.4 is 5.32 Å². The van der Waals surface area contributed by atoms with Crippen molar-refractivity contribution in [2.45, 2.75) is 25.2 Å². The van der Waals surface area contributed by atoms with Crippen LogP contribution in [0.2, 0.25) is 5.02 Å². The van der Waals surface area contributed by atoms with Gasteiger partial charge in [0.2, 0.25) is 0 Å². The van der Waals surface area contributed by atoms with Gasteiger partial charge in [0, 0.05) is 17.5 Å². The van der Waals surface area contributed by atoms with Gasteiger partial charge in [-0.1, -0.05) is 53.6 Å². The van der Waals surface area contributed by atoms with Crippen LogP contribution in [-0.4, -0.2) is 13.1 Å². The molecule has 1 aliphatic heterocycles. The molecule has 0 bridgehead atoms. The second-order valence-corrected chi connectivity index (χ2v) is 6.11. The van der Waals surface area contributed by atoms with Gasteiger partial charge in [-0.15, -0.1) is 0 Å². The molecule has 20 heavy (non-hydrogen) atoms. The van der Waals surface area contributed by atoms with E-state index in [1.165, 1.54) is 23.1 Å². The number of halogens is 1. The van der Waals surface area contributed by atoms with E-state index in [4.69, 9.17) is 11.6 Å². The first-order valence-electron chi connectivity index (χ1n) is 7.27. The van der Waals surface area contributed by atoms with E-state index in [1.54, 1.807) is 0 Å². The van der Waals surface area contributed by atoms with E-state index in [2.05, 4.69) is 54.7 Å². The first kappa shape index (κ1) is 13.7. The van der Waals surface area contributed by atoms with Gasteiger partial charge in [0.1, 0.15) is 0 Å². The Kier molecular flexibility index (Phi) is 4.09. The molecule has 3 rings (SSSR count). The van der Waals surface area contributed by atoms with E-state index in [0.717, 1.165) is 18.1 Å². The molecule has 0 amide bonds. The molecule has 0 aliphatic carbocycles. The van der Waals surface area contributed by atoms with Crippen LogP contribution in [0.25, 0.3) is 0 Å². The normalized spacial score (nSPS) is 22.7. The summed E-state index contributed by atoms with van der Waals surface area (Å²) in [4.78, 5) is 0. The topological polar surface area (TPSA) is 12.0 Å². The molecule has 1 heterocycles. The summed E-state index contributed by atoms with van der Waals surface area (Å²) in [7, 11) is 0. The second-order valence-electron chi connectivity index (χ2n) is 5.67. The highest BCUT2D eigenvalue weighted by Crippen LogP contribution is 2.38. The molecular formula is C18H20ClN. The van der Waals surface area contributed by atoms with E-state index in [1.807, 2.05) is 6.07 Å². The van der Waals surface area contributed by atoms with Gasteiger partial charge in [0.05, 0.1) is 0 Å². The molecule has 2 aromatic rings. The van der Waals surface area contributed by atoms with E-state index in [0.29, 0.717) is 11.8 Å². The van der Waals surface area contributed by atoms with Crippen LogP contribution >= 0.6 is 11.6 Å². The van der Waals surface area contributed by atoms with Crippen LogP contribution in [-0.2, 0) is 0 Å². The maximum atomic E-state index is 6.16. The van der Waals surface area contributed by atoms with Crippen LogP contribution in [0, 0.1) is 6.92 Å². The van der Waals surface area contributed by atoms with E-state index < -0.39 is 0 Å². The third kappa shape index (κ3) is 2.89. The Morgan fingerprint density at radius 1 is 1.00 bits per heavy atom. The van der Waals surface area contributed by atoms with E-state index in [-0.39, 0.29) is 0 Å². The molecule has 2 aromatic carbocycles. The highest BCUT2D eigenvalue weighted by Gasteiger charge is 2.27. The van der Waals surface area contributed by atoms with Gasteiger partial charge in [-0.3, -0.25) is 0 Å². The molecule has 1 aliphatic rings. The minimum Gasteiger partial charge on any atom is -0.316 e. The lowest BCUT2D eigenvalue weighted by molar-refractivity contribution is 0.404. The molecule has 1 N–H and O–H groups in total. The molecule has 0 spiro atoms. The average molecular weight is 286 g/mol. The molecule has 2 heteroatoms. The first-order valence-corrected chi connectivity index (χ1v) is 7.64. The van der Waals surface area contributed by atoms with Crippen LogP contribution in [0.4, 0.5) is 0 Å². The summed E-state index contributed by atoms with van der Waals surface area (Å²) in [6.45, 7) is 4.29. The highest BCUT2D eigenvalue weighted by molar-refractivity contribution is 6.30. The van der Waals surface area contributed by atoms with Crippen molar-refractivity contribution in [2.24, 2.45) is 0 Å². The van der Waals surface area contributed by atoms with Crippen molar-refractivity contribution in [2.75, 3.05) is 13.1 Å². The summed E-state index contributed by atoms with van der Waals surface area (Å²) in [6, 6.07) is 17.2. The molecule has 0 saturated carbocycles. The maximum Gasteiger partial charge on any atom is 0.0408 e. The fraction of sp³-hybridized carbons (Fsp3) is 0.333. The molecule has 0 radical (unpaired) electrons. The number of hydrogen-bond acceptors (Lipinski definition) is 1. The minimum absolute atomic E-state index is 0.504. The van der Waals surface area contributed by atoms with Crippen LogP contribution in [0.3, 0.4) is 0 Å². The molecule has 104 valence electrons. The molecule has 0 aromatic heterocycles. The van der Waals surface area contributed by atoms with Crippen molar-refractivity contribution in [3.8, 4) is 0 Å².